The Morgan fingerprint density at radius 3 is 2.39 bits per heavy atom. The van der Waals surface area contributed by atoms with Crippen molar-refractivity contribution in [3.8, 4) is 0 Å². The first-order valence-electron chi connectivity index (χ1n) is 6.05. The molecule has 100 valence electrons. The van der Waals surface area contributed by atoms with Crippen molar-refractivity contribution in [2.75, 3.05) is 19.8 Å². The second-order valence-electron chi connectivity index (χ2n) is 4.39. The Morgan fingerprint density at radius 1 is 1.17 bits per heavy atom. The van der Waals surface area contributed by atoms with E-state index in [1.807, 2.05) is 6.07 Å². The summed E-state index contributed by atoms with van der Waals surface area (Å²) in [5, 5.41) is 10.6. The largest absolute Gasteiger partial charge is 0.284 e. The maximum absolute atomic E-state index is 11.9. The molecule has 0 atom stereocenters. The zero-order valence-electron chi connectivity index (χ0n) is 10.3. The van der Waals surface area contributed by atoms with Crippen LogP contribution in [0.3, 0.4) is 0 Å². The van der Waals surface area contributed by atoms with Crippen LogP contribution in [-0.2, 0) is 0 Å². The van der Waals surface area contributed by atoms with Crippen LogP contribution in [0.1, 0.15) is 29.6 Å². The molecule has 1 aromatic rings. The monoisotopic (exact) mass is 270 g/mol. The fraction of sp³-hybridized carbons (Fsp3) is 0.462. The van der Waals surface area contributed by atoms with Crippen LogP contribution in [-0.4, -0.2) is 40.8 Å². The molecular weight excluding hydrogens is 252 g/mol. The average Bonchev–Trinajstić information content (AvgIpc) is 2.40. The van der Waals surface area contributed by atoms with Crippen LogP contribution in [0, 0.1) is 0 Å². The van der Waals surface area contributed by atoms with Crippen LogP contribution in [0.5, 0.6) is 0 Å². The van der Waals surface area contributed by atoms with Crippen molar-refractivity contribution in [1.82, 2.24) is 9.96 Å². The number of carbonyl (C=O) groups is 1. The molecule has 5 heteroatoms. The van der Waals surface area contributed by atoms with Gasteiger partial charge in [-0.05, 0) is 38.1 Å². The average molecular weight is 271 g/mol. The molecule has 1 aliphatic rings. The molecule has 1 amide bonds. The summed E-state index contributed by atoms with van der Waals surface area (Å²) in [6.07, 6.45) is 3.54. The molecule has 0 radical (unpaired) electrons. The Labute approximate surface area is 114 Å². The Bertz CT molecular complexity index is 367. The molecule has 0 bridgehead atoms. The summed E-state index contributed by atoms with van der Waals surface area (Å²) in [6, 6.07) is 8.86. The van der Waals surface area contributed by atoms with Gasteiger partial charge in [-0.2, -0.15) is 0 Å². The lowest BCUT2D eigenvalue weighted by Gasteiger charge is -2.29. The van der Waals surface area contributed by atoms with Crippen LogP contribution < -0.4 is 0 Å². The van der Waals surface area contributed by atoms with E-state index in [1.165, 1.54) is 6.42 Å². The number of carbonyl (C=O) groups excluding carboxylic acids is 1. The maximum Gasteiger partial charge on any atom is 0.278 e. The molecule has 0 spiro atoms. The van der Waals surface area contributed by atoms with Gasteiger partial charge >= 0.3 is 0 Å². The second-order valence-corrected chi connectivity index (χ2v) is 4.39. The molecular formula is C13H19ClN2O2. The van der Waals surface area contributed by atoms with E-state index in [2.05, 4.69) is 4.90 Å². The van der Waals surface area contributed by atoms with Crippen molar-refractivity contribution in [1.29, 1.82) is 0 Å². The fourth-order valence-electron chi connectivity index (χ4n) is 2.08. The van der Waals surface area contributed by atoms with Crippen LogP contribution in [0.2, 0.25) is 0 Å². The molecule has 1 aromatic carbocycles. The van der Waals surface area contributed by atoms with Crippen LogP contribution in [0.25, 0.3) is 0 Å². The summed E-state index contributed by atoms with van der Waals surface area (Å²) in [6.45, 7) is 2.21. The van der Waals surface area contributed by atoms with E-state index in [1.54, 1.807) is 24.3 Å². The summed E-state index contributed by atoms with van der Waals surface area (Å²) in [7, 11) is 0. The SMILES string of the molecule is Cl.O=C(c1ccccc1)N(O)CN1CCCCC1. The first-order chi connectivity index (χ1) is 8.27. The molecule has 1 heterocycles. The van der Waals surface area contributed by atoms with E-state index >= 15 is 0 Å². The van der Waals surface area contributed by atoms with Crippen molar-refractivity contribution in [3.63, 3.8) is 0 Å². The summed E-state index contributed by atoms with van der Waals surface area (Å²) in [5.74, 6) is -0.337. The molecule has 18 heavy (non-hydrogen) atoms. The number of piperidine rings is 1. The lowest BCUT2D eigenvalue weighted by molar-refractivity contribution is -0.0915. The van der Waals surface area contributed by atoms with Gasteiger partial charge in [-0.3, -0.25) is 14.9 Å². The molecule has 0 aromatic heterocycles. The topological polar surface area (TPSA) is 43.8 Å². The van der Waals surface area contributed by atoms with Crippen molar-refractivity contribution < 1.29 is 10.0 Å². The third kappa shape index (κ3) is 3.98. The molecule has 4 nitrogen and oxygen atoms in total. The number of hydrogen-bond acceptors (Lipinski definition) is 3. The predicted molar refractivity (Wildman–Crippen MR) is 71.9 cm³/mol. The number of nitrogens with zero attached hydrogens (tertiary/aromatic N) is 2. The summed E-state index contributed by atoms with van der Waals surface area (Å²) in [5.41, 5.74) is 0.520. The normalized spacial score (nSPS) is 15.8. The second kappa shape index (κ2) is 7.36. The molecule has 0 unspecified atom stereocenters. The first-order valence-corrected chi connectivity index (χ1v) is 6.05. The molecule has 1 N–H and O–H groups in total. The zero-order valence-corrected chi connectivity index (χ0v) is 11.1. The minimum Gasteiger partial charge on any atom is -0.284 e. The number of rotatable bonds is 3. The number of likely N-dealkylation sites (tertiary alicyclic amines) is 1. The Balaban J connectivity index is 0.00000162. The van der Waals surface area contributed by atoms with E-state index in [4.69, 9.17) is 0 Å². The standard InChI is InChI=1S/C13H18N2O2.ClH/c16-13(12-7-3-1-4-8-12)15(17)11-14-9-5-2-6-10-14;/h1,3-4,7-8,17H,2,5-6,9-11H2;1H. The highest BCUT2D eigenvalue weighted by Crippen LogP contribution is 2.10. The summed E-state index contributed by atoms with van der Waals surface area (Å²) < 4.78 is 0. The van der Waals surface area contributed by atoms with Crippen molar-refractivity contribution in [2.45, 2.75) is 19.3 Å². The minimum absolute atomic E-state index is 0. The molecule has 0 aliphatic carbocycles. The lowest BCUT2D eigenvalue weighted by Crippen LogP contribution is -2.41. The van der Waals surface area contributed by atoms with Crippen molar-refractivity contribution in [3.05, 3.63) is 35.9 Å². The van der Waals surface area contributed by atoms with Gasteiger partial charge in [0.1, 0.15) is 6.67 Å². The number of benzene rings is 1. The van der Waals surface area contributed by atoms with E-state index in [0.717, 1.165) is 31.0 Å². The lowest BCUT2D eigenvalue weighted by atomic mass is 10.1. The maximum atomic E-state index is 11.9. The predicted octanol–water partition coefficient (Wildman–Crippen LogP) is 2.38. The molecule has 2 rings (SSSR count). The highest BCUT2D eigenvalue weighted by molar-refractivity contribution is 5.93. The van der Waals surface area contributed by atoms with Gasteiger partial charge in [-0.25, -0.2) is 5.06 Å². The summed E-state index contributed by atoms with van der Waals surface area (Å²) in [4.78, 5) is 14.0. The summed E-state index contributed by atoms with van der Waals surface area (Å²) >= 11 is 0. The van der Waals surface area contributed by atoms with Gasteiger partial charge in [0.15, 0.2) is 0 Å². The Morgan fingerprint density at radius 2 is 1.78 bits per heavy atom. The molecule has 1 saturated heterocycles. The molecule has 1 fully saturated rings. The van der Waals surface area contributed by atoms with Gasteiger partial charge in [0.05, 0.1) is 0 Å². The quantitative estimate of drug-likeness (QED) is 0.677. The highest BCUT2D eigenvalue weighted by atomic mass is 35.5. The number of halogens is 1. The number of hydroxylamine groups is 2. The van der Waals surface area contributed by atoms with Crippen LogP contribution >= 0.6 is 12.4 Å². The third-order valence-electron chi connectivity index (χ3n) is 3.04. The highest BCUT2D eigenvalue weighted by Gasteiger charge is 2.18. The Hall–Kier alpha value is -1.10. The third-order valence-corrected chi connectivity index (χ3v) is 3.04. The van der Waals surface area contributed by atoms with Gasteiger partial charge in [0.2, 0.25) is 0 Å². The number of hydrogen-bond donors (Lipinski definition) is 1. The smallest absolute Gasteiger partial charge is 0.278 e. The Kier molecular flexibility index (Phi) is 6.12. The molecule has 0 saturated carbocycles. The zero-order chi connectivity index (χ0) is 12.1. The minimum atomic E-state index is -0.337. The van der Waals surface area contributed by atoms with Crippen molar-refractivity contribution in [2.24, 2.45) is 0 Å². The first kappa shape index (κ1) is 15.0. The van der Waals surface area contributed by atoms with Gasteiger partial charge in [0, 0.05) is 5.56 Å². The van der Waals surface area contributed by atoms with Gasteiger partial charge in [-0.15, -0.1) is 12.4 Å². The van der Waals surface area contributed by atoms with Gasteiger partial charge in [-0.1, -0.05) is 24.6 Å². The van der Waals surface area contributed by atoms with E-state index < -0.39 is 0 Å². The van der Waals surface area contributed by atoms with E-state index in [-0.39, 0.29) is 18.3 Å². The van der Waals surface area contributed by atoms with E-state index in [9.17, 15) is 10.0 Å². The van der Waals surface area contributed by atoms with Gasteiger partial charge in [0.25, 0.3) is 5.91 Å². The van der Waals surface area contributed by atoms with Crippen LogP contribution in [0.15, 0.2) is 30.3 Å². The number of amides is 1. The molecule has 1 aliphatic heterocycles. The van der Waals surface area contributed by atoms with Crippen molar-refractivity contribution >= 4 is 18.3 Å². The van der Waals surface area contributed by atoms with E-state index in [0.29, 0.717) is 12.2 Å². The van der Waals surface area contributed by atoms with Crippen LogP contribution in [0.4, 0.5) is 0 Å². The fourth-order valence-corrected chi connectivity index (χ4v) is 2.08. The van der Waals surface area contributed by atoms with Gasteiger partial charge < -0.3 is 0 Å².